The van der Waals surface area contributed by atoms with Crippen molar-refractivity contribution >= 4 is 71.4 Å². The van der Waals surface area contributed by atoms with Crippen molar-refractivity contribution in [2.45, 2.75) is 19.3 Å². The first-order valence-corrected chi connectivity index (χ1v) is 22.3. The van der Waals surface area contributed by atoms with Gasteiger partial charge in [0.25, 0.3) is 0 Å². The second kappa shape index (κ2) is 13.9. The lowest BCUT2D eigenvalue weighted by atomic mass is 9.82. The van der Waals surface area contributed by atoms with E-state index < -0.39 is 0 Å². The highest BCUT2D eigenvalue weighted by Crippen LogP contribution is 2.52. The average molecular weight is 818 g/mol. The van der Waals surface area contributed by atoms with Crippen LogP contribution in [-0.2, 0) is 5.41 Å². The molecule has 0 atom stereocenters. The lowest BCUT2D eigenvalue weighted by Crippen LogP contribution is -2.17. The minimum Gasteiger partial charge on any atom is -0.310 e. The van der Waals surface area contributed by atoms with Crippen LogP contribution in [-0.4, -0.2) is 9.13 Å². The van der Waals surface area contributed by atoms with Gasteiger partial charge in [0.05, 0.1) is 27.8 Å². The summed E-state index contributed by atoms with van der Waals surface area (Å²) < 4.78 is 4.83. The minimum atomic E-state index is -0.232. The molecule has 12 aromatic rings. The lowest BCUT2D eigenvalue weighted by Gasteiger charge is -2.29. The molecule has 0 unspecified atom stereocenters. The van der Waals surface area contributed by atoms with E-state index >= 15 is 0 Å². The summed E-state index contributed by atoms with van der Waals surface area (Å²) in [6.07, 6.45) is 0. The summed E-state index contributed by atoms with van der Waals surface area (Å²) in [5.41, 5.74) is 18.1. The molecule has 2 aromatic heterocycles. The average Bonchev–Trinajstić information content (AvgIpc) is 3.94. The third-order valence-electron chi connectivity index (χ3n) is 13.9. The van der Waals surface area contributed by atoms with Gasteiger partial charge in [-0.1, -0.05) is 159 Å². The van der Waals surface area contributed by atoms with Crippen molar-refractivity contribution in [1.82, 2.24) is 9.13 Å². The highest BCUT2D eigenvalue weighted by Gasteiger charge is 2.37. The summed E-state index contributed by atoms with van der Waals surface area (Å²) in [5, 5.41) is 7.51. The summed E-state index contributed by atoms with van der Waals surface area (Å²) in [4.78, 5) is 2.45. The Morgan fingerprint density at radius 1 is 0.344 bits per heavy atom. The fourth-order valence-corrected chi connectivity index (χ4v) is 10.8. The van der Waals surface area contributed by atoms with Crippen LogP contribution in [0.15, 0.2) is 224 Å². The number of fused-ring (bicyclic) bond motifs is 10. The van der Waals surface area contributed by atoms with Gasteiger partial charge in [0, 0.05) is 55.1 Å². The molecule has 0 saturated carbocycles. The fourth-order valence-electron chi connectivity index (χ4n) is 10.8. The Kier molecular flexibility index (Phi) is 7.95. The number of rotatable bonds is 6. The van der Waals surface area contributed by atoms with Gasteiger partial charge in [-0.15, -0.1) is 0 Å². The molecule has 302 valence electrons. The molecule has 64 heavy (non-hydrogen) atoms. The zero-order chi connectivity index (χ0) is 42.5. The molecule has 13 rings (SSSR count). The molecular weight excluding hydrogens is 775 g/mol. The van der Waals surface area contributed by atoms with Crippen LogP contribution in [0.3, 0.4) is 0 Å². The third kappa shape index (κ3) is 5.41. The molecule has 0 fully saturated rings. The first-order valence-electron chi connectivity index (χ1n) is 22.3. The zero-order valence-electron chi connectivity index (χ0n) is 35.7. The molecule has 0 saturated heterocycles. The van der Waals surface area contributed by atoms with E-state index in [2.05, 4.69) is 252 Å². The number of nitrogens with zero attached hydrogens (tertiary/aromatic N) is 3. The molecule has 2 heterocycles. The number of benzene rings is 10. The van der Waals surface area contributed by atoms with Crippen molar-refractivity contribution in [1.29, 1.82) is 0 Å². The van der Waals surface area contributed by atoms with Crippen LogP contribution in [0.1, 0.15) is 25.0 Å². The first kappa shape index (κ1) is 36.5. The van der Waals surface area contributed by atoms with Gasteiger partial charge in [-0.05, 0) is 118 Å². The van der Waals surface area contributed by atoms with Crippen molar-refractivity contribution in [2.75, 3.05) is 4.90 Å². The highest BCUT2D eigenvalue weighted by molar-refractivity contribution is 6.11. The molecule has 0 radical (unpaired) electrons. The lowest BCUT2D eigenvalue weighted by molar-refractivity contribution is 0.660. The normalized spacial score (nSPS) is 13.0. The van der Waals surface area contributed by atoms with Gasteiger partial charge in [0.2, 0.25) is 0 Å². The van der Waals surface area contributed by atoms with E-state index in [-0.39, 0.29) is 5.41 Å². The Labute approximate surface area is 372 Å². The Morgan fingerprint density at radius 2 is 0.859 bits per heavy atom. The maximum absolute atomic E-state index is 2.45. The summed E-state index contributed by atoms with van der Waals surface area (Å²) >= 11 is 0. The Bertz CT molecular complexity index is 3750. The van der Waals surface area contributed by atoms with E-state index in [1.54, 1.807) is 0 Å². The van der Waals surface area contributed by atoms with E-state index in [1.807, 2.05) is 0 Å². The molecule has 0 amide bonds. The van der Waals surface area contributed by atoms with Gasteiger partial charge in [0.15, 0.2) is 0 Å². The number of hydrogen-bond donors (Lipinski definition) is 0. The van der Waals surface area contributed by atoms with Crippen LogP contribution < -0.4 is 4.90 Å². The first-order chi connectivity index (χ1) is 31.5. The standard InChI is InChI=1S/C61H43N3/c1-61(2)54-38-45(32-35-48(54)49-36-33-46(39-55(49)61)64-58-24-12-8-20-50(58)51-21-9-13-25-59(51)64)62(56-26-14-16-41-15-6-7-19-47(41)56)44-30-27-40(28-31-44)42-29-34-53-52-22-10-11-23-57(52)63(60(53)37-42)43-17-4-3-5-18-43/h3-39H,1-2H3. The summed E-state index contributed by atoms with van der Waals surface area (Å²) in [7, 11) is 0. The van der Waals surface area contributed by atoms with Crippen molar-refractivity contribution in [2.24, 2.45) is 0 Å². The molecule has 3 heteroatoms. The molecule has 0 N–H and O–H groups in total. The summed E-state index contributed by atoms with van der Waals surface area (Å²) in [6, 6.07) is 82.6. The number of hydrogen-bond acceptors (Lipinski definition) is 1. The van der Waals surface area contributed by atoms with Crippen LogP contribution in [0, 0.1) is 0 Å². The van der Waals surface area contributed by atoms with E-state index in [0.717, 1.165) is 22.7 Å². The quantitative estimate of drug-likeness (QED) is 0.163. The molecule has 0 bridgehead atoms. The zero-order valence-corrected chi connectivity index (χ0v) is 35.7. The predicted molar refractivity (Wildman–Crippen MR) is 270 cm³/mol. The van der Waals surface area contributed by atoms with Crippen LogP contribution in [0.2, 0.25) is 0 Å². The minimum absolute atomic E-state index is 0.232. The van der Waals surface area contributed by atoms with Crippen molar-refractivity contribution in [3.8, 4) is 33.6 Å². The Hall–Kier alpha value is -8.14. The Balaban J connectivity index is 0.926. The van der Waals surface area contributed by atoms with Crippen LogP contribution in [0.5, 0.6) is 0 Å². The maximum atomic E-state index is 2.45. The van der Waals surface area contributed by atoms with Gasteiger partial charge >= 0.3 is 0 Å². The van der Waals surface area contributed by atoms with E-state index in [4.69, 9.17) is 0 Å². The number of para-hydroxylation sites is 4. The third-order valence-corrected chi connectivity index (χ3v) is 13.9. The predicted octanol–water partition coefficient (Wildman–Crippen LogP) is 16.5. The number of anilines is 3. The molecule has 0 aliphatic heterocycles. The fraction of sp³-hybridized carbons (Fsp3) is 0.0492. The van der Waals surface area contributed by atoms with Crippen molar-refractivity contribution < 1.29 is 0 Å². The van der Waals surface area contributed by atoms with E-state index in [0.29, 0.717) is 0 Å². The number of aromatic nitrogens is 2. The summed E-state index contributed by atoms with van der Waals surface area (Å²) in [5.74, 6) is 0. The van der Waals surface area contributed by atoms with Gasteiger partial charge in [-0.2, -0.15) is 0 Å². The second-order valence-electron chi connectivity index (χ2n) is 17.8. The largest absolute Gasteiger partial charge is 0.310 e. The molecule has 1 aliphatic carbocycles. The monoisotopic (exact) mass is 817 g/mol. The molecule has 10 aromatic carbocycles. The van der Waals surface area contributed by atoms with Gasteiger partial charge in [0.1, 0.15) is 0 Å². The molecule has 0 spiro atoms. The van der Waals surface area contributed by atoms with Gasteiger partial charge < -0.3 is 14.0 Å². The summed E-state index contributed by atoms with van der Waals surface area (Å²) in [6.45, 7) is 4.78. The van der Waals surface area contributed by atoms with E-state index in [9.17, 15) is 0 Å². The SMILES string of the molecule is CC1(C)c2cc(N(c3ccc(-c4ccc5c6ccccc6n(-c6ccccc6)c5c4)cc3)c3cccc4ccccc34)ccc2-c2ccc(-n3c4ccccc4c4ccccc43)cc21. The molecular formula is C61H43N3. The smallest absolute Gasteiger partial charge is 0.0547 e. The van der Waals surface area contributed by atoms with Crippen molar-refractivity contribution in [3.63, 3.8) is 0 Å². The second-order valence-corrected chi connectivity index (χ2v) is 17.8. The maximum Gasteiger partial charge on any atom is 0.0547 e. The Morgan fingerprint density at radius 3 is 1.55 bits per heavy atom. The molecule has 3 nitrogen and oxygen atoms in total. The molecule has 1 aliphatic rings. The van der Waals surface area contributed by atoms with Crippen molar-refractivity contribution in [3.05, 3.63) is 236 Å². The topological polar surface area (TPSA) is 13.1 Å². The van der Waals surface area contributed by atoms with Crippen LogP contribution >= 0.6 is 0 Å². The van der Waals surface area contributed by atoms with Gasteiger partial charge in [-0.3, -0.25) is 0 Å². The highest BCUT2D eigenvalue weighted by atomic mass is 15.1. The van der Waals surface area contributed by atoms with Crippen LogP contribution in [0.4, 0.5) is 17.1 Å². The van der Waals surface area contributed by atoms with E-state index in [1.165, 1.54) is 93.5 Å². The van der Waals surface area contributed by atoms with Gasteiger partial charge in [-0.25, -0.2) is 0 Å². The van der Waals surface area contributed by atoms with Crippen LogP contribution in [0.25, 0.3) is 88.0 Å².